The van der Waals surface area contributed by atoms with Crippen LogP contribution < -0.4 is 10.6 Å². The van der Waals surface area contributed by atoms with Crippen molar-refractivity contribution in [2.24, 2.45) is 0 Å². The lowest BCUT2D eigenvalue weighted by Gasteiger charge is -2.19. The molecular formula is C16H20N4O2. The van der Waals surface area contributed by atoms with Gasteiger partial charge in [-0.2, -0.15) is 0 Å². The van der Waals surface area contributed by atoms with Crippen molar-refractivity contribution in [3.63, 3.8) is 0 Å². The van der Waals surface area contributed by atoms with Gasteiger partial charge in [-0.1, -0.05) is 12.2 Å². The Bertz CT molecular complexity index is 626. The highest BCUT2D eigenvalue weighted by Gasteiger charge is 2.10. The predicted octanol–water partition coefficient (Wildman–Crippen LogP) is 2.50. The molecule has 6 nitrogen and oxygen atoms in total. The molecule has 0 heterocycles. The summed E-state index contributed by atoms with van der Waals surface area (Å²) >= 11 is 0. The zero-order chi connectivity index (χ0) is 16.7. The van der Waals surface area contributed by atoms with Crippen molar-refractivity contribution >= 4 is 28.7 Å². The van der Waals surface area contributed by atoms with Crippen molar-refractivity contribution in [1.29, 1.82) is 10.8 Å². The molecule has 1 amide bonds. The number of nitrogens with zero attached hydrogens (tertiary/aromatic N) is 1. The maximum Gasteiger partial charge on any atom is 0.223 e. The van der Waals surface area contributed by atoms with E-state index in [-0.39, 0.29) is 23.1 Å². The van der Waals surface area contributed by atoms with Crippen molar-refractivity contribution in [2.45, 2.75) is 13.8 Å². The summed E-state index contributed by atoms with van der Waals surface area (Å²) in [5, 5.41) is 23.4. The zero-order valence-corrected chi connectivity index (χ0v) is 12.6. The molecule has 0 fully saturated rings. The second-order valence-corrected chi connectivity index (χ2v) is 4.55. The summed E-state index contributed by atoms with van der Waals surface area (Å²) in [5.74, 6) is -0.0566. The van der Waals surface area contributed by atoms with E-state index in [1.54, 1.807) is 41.3 Å². The Balaban J connectivity index is 0.000000255. The molecule has 0 saturated heterocycles. The molecule has 1 aliphatic carbocycles. The maximum atomic E-state index is 11.2. The lowest BCUT2D eigenvalue weighted by Crippen LogP contribution is -2.27. The molecule has 0 unspecified atom stereocenters. The van der Waals surface area contributed by atoms with Crippen molar-refractivity contribution in [1.82, 2.24) is 0 Å². The first-order valence-corrected chi connectivity index (χ1v) is 6.75. The third-order valence-electron chi connectivity index (χ3n) is 2.95. The van der Waals surface area contributed by atoms with Crippen LogP contribution in [0.1, 0.15) is 13.8 Å². The number of anilines is 2. The molecule has 0 atom stereocenters. The van der Waals surface area contributed by atoms with Gasteiger partial charge in [0.2, 0.25) is 5.91 Å². The average molecular weight is 300 g/mol. The second-order valence-electron chi connectivity index (χ2n) is 4.55. The summed E-state index contributed by atoms with van der Waals surface area (Å²) in [6.45, 7) is 3.92. The monoisotopic (exact) mass is 300 g/mol. The largest absolute Gasteiger partial charge is 0.506 e. The quantitative estimate of drug-likeness (QED) is 0.382. The summed E-state index contributed by atoms with van der Waals surface area (Å²) < 4.78 is 0. The summed E-state index contributed by atoms with van der Waals surface area (Å²) in [6.07, 6.45) is 6.70. The Morgan fingerprint density at radius 2 is 1.77 bits per heavy atom. The highest BCUT2D eigenvalue weighted by molar-refractivity contribution is 6.48. The van der Waals surface area contributed by atoms with Crippen LogP contribution in [0.5, 0.6) is 5.75 Å². The fourth-order valence-electron chi connectivity index (χ4n) is 1.77. The first kappa shape index (κ1) is 17.2. The molecule has 0 aliphatic heterocycles. The summed E-state index contributed by atoms with van der Waals surface area (Å²) in [6, 6.07) is 4.77. The molecule has 0 saturated carbocycles. The number of phenolic OH excluding ortho intramolecular Hbond substituents is 1. The topological polar surface area (TPSA) is 114 Å². The number of allylic oxidation sites excluding steroid dienone is 4. The molecule has 0 spiro atoms. The Hall–Kier alpha value is -2.89. The van der Waals surface area contributed by atoms with Gasteiger partial charge in [-0.3, -0.25) is 15.6 Å². The van der Waals surface area contributed by atoms with Gasteiger partial charge in [-0.25, -0.2) is 0 Å². The van der Waals surface area contributed by atoms with Crippen LogP contribution in [0.25, 0.3) is 0 Å². The number of hydrogen-bond acceptors (Lipinski definition) is 5. The smallest absolute Gasteiger partial charge is 0.223 e. The van der Waals surface area contributed by atoms with Gasteiger partial charge < -0.3 is 15.7 Å². The molecule has 0 aromatic heterocycles. The van der Waals surface area contributed by atoms with Crippen LogP contribution in [0.15, 0.2) is 42.5 Å². The first-order chi connectivity index (χ1) is 10.4. The van der Waals surface area contributed by atoms with Gasteiger partial charge in [0, 0.05) is 25.2 Å². The van der Waals surface area contributed by atoms with Crippen LogP contribution in [-0.2, 0) is 4.79 Å². The second kappa shape index (κ2) is 7.78. The average Bonchev–Trinajstić information content (AvgIpc) is 2.47. The van der Waals surface area contributed by atoms with Gasteiger partial charge in [-0.05, 0) is 31.2 Å². The van der Waals surface area contributed by atoms with Crippen LogP contribution in [0.2, 0.25) is 0 Å². The lowest BCUT2D eigenvalue weighted by molar-refractivity contribution is -0.116. The number of carbonyl (C=O) groups is 1. The number of nitrogen functional groups attached to an aromatic ring is 1. The first-order valence-electron chi connectivity index (χ1n) is 6.75. The van der Waals surface area contributed by atoms with E-state index < -0.39 is 0 Å². The van der Waals surface area contributed by atoms with E-state index in [4.69, 9.17) is 16.6 Å². The summed E-state index contributed by atoms with van der Waals surface area (Å²) in [4.78, 5) is 12.7. The minimum Gasteiger partial charge on any atom is -0.506 e. The van der Waals surface area contributed by atoms with Gasteiger partial charge in [0.1, 0.15) is 5.75 Å². The van der Waals surface area contributed by atoms with E-state index in [0.29, 0.717) is 17.9 Å². The fourth-order valence-corrected chi connectivity index (χ4v) is 1.77. The van der Waals surface area contributed by atoms with Crippen molar-refractivity contribution in [2.75, 3.05) is 17.2 Å². The molecule has 0 radical (unpaired) electrons. The van der Waals surface area contributed by atoms with E-state index >= 15 is 0 Å². The molecule has 1 aromatic rings. The number of benzene rings is 1. The molecule has 1 aromatic carbocycles. The third-order valence-corrected chi connectivity index (χ3v) is 2.95. The number of nitrogens with two attached hydrogens (primary N) is 1. The number of rotatable bonds is 2. The standard InChI is InChI=1S/C10H14N2O2.C6H6N2/c1-3-12(7(2)13)8-4-5-9(11)10(14)6-8;7-5-3-1-2-4-6(5)8/h4-6,14H,3,11H2,1-2H3;1-4,7-8H. The third kappa shape index (κ3) is 4.59. The van der Waals surface area contributed by atoms with Crippen LogP contribution in [0.3, 0.4) is 0 Å². The number of aromatic hydroxyl groups is 1. The minimum absolute atomic E-state index is 0.00204. The zero-order valence-electron chi connectivity index (χ0n) is 12.6. The van der Waals surface area contributed by atoms with E-state index in [9.17, 15) is 9.90 Å². The molecule has 2 rings (SSSR count). The predicted molar refractivity (Wildman–Crippen MR) is 90.0 cm³/mol. The minimum atomic E-state index is -0.0586. The van der Waals surface area contributed by atoms with Crippen LogP contribution in [-0.4, -0.2) is 29.0 Å². The number of phenols is 1. The Kier molecular flexibility index (Phi) is 6.07. The van der Waals surface area contributed by atoms with Gasteiger partial charge in [-0.15, -0.1) is 0 Å². The molecule has 1 aliphatic rings. The number of nitrogens with one attached hydrogen (secondary N) is 2. The van der Waals surface area contributed by atoms with Gasteiger partial charge in [0.25, 0.3) is 0 Å². The van der Waals surface area contributed by atoms with Crippen molar-refractivity contribution in [3.8, 4) is 5.75 Å². The normalized spacial score (nSPS) is 12.6. The fraction of sp³-hybridized carbons (Fsp3) is 0.188. The molecule has 22 heavy (non-hydrogen) atoms. The molecular weight excluding hydrogens is 280 g/mol. The Morgan fingerprint density at radius 1 is 1.23 bits per heavy atom. The molecule has 6 heteroatoms. The van der Waals surface area contributed by atoms with Crippen molar-refractivity contribution < 1.29 is 9.90 Å². The van der Waals surface area contributed by atoms with E-state index in [2.05, 4.69) is 0 Å². The van der Waals surface area contributed by atoms with Crippen LogP contribution in [0.4, 0.5) is 11.4 Å². The van der Waals surface area contributed by atoms with Gasteiger partial charge in [0.15, 0.2) is 0 Å². The molecule has 5 N–H and O–H groups in total. The van der Waals surface area contributed by atoms with Crippen LogP contribution in [0, 0.1) is 10.8 Å². The SMILES string of the molecule is CCN(C(C)=O)c1ccc(N)c(O)c1.N=C1C=CC=CC1=N. The van der Waals surface area contributed by atoms with E-state index in [1.165, 1.54) is 13.0 Å². The highest BCUT2D eigenvalue weighted by atomic mass is 16.3. The Morgan fingerprint density at radius 3 is 2.14 bits per heavy atom. The van der Waals surface area contributed by atoms with Gasteiger partial charge >= 0.3 is 0 Å². The highest BCUT2D eigenvalue weighted by Crippen LogP contribution is 2.26. The summed E-state index contributed by atoms with van der Waals surface area (Å²) in [7, 11) is 0. The molecule has 0 bridgehead atoms. The lowest BCUT2D eigenvalue weighted by atomic mass is 10.1. The molecule has 116 valence electrons. The number of amides is 1. The van der Waals surface area contributed by atoms with Crippen molar-refractivity contribution in [3.05, 3.63) is 42.5 Å². The van der Waals surface area contributed by atoms with E-state index in [1.807, 2.05) is 6.92 Å². The number of carbonyl (C=O) groups excluding carboxylic acids is 1. The van der Waals surface area contributed by atoms with E-state index in [0.717, 1.165) is 0 Å². The number of hydrogen-bond donors (Lipinski definition) is 4. The Labute approximate surface area is 129 Å². The summed E-state index contributed by atoms with van der Waals surface area (Å²) in [5.41, 5.74) is 6.99. The van der Waals surface area contributed by atoms with Crippen LogP contribution >= 0.6 is 0 Å². The maximum absolute atomic E-state index is 11.2. The van der Waals surface area contributed by atoms with Gasteiger partial charge in [0.05, 0.1) is 17.1 Å².